The zero-order valence-corrected chi connectivity index (χ0v) is 11.4. The quantitative estimate of drug-likeness (QED) is 0.763. The van der Waals surface area contributed by atoms with Gasteiger partial charge in [0.25, 0.3) is 0 Å². The largest absolute Gasteiger partial charge is 0.309 e. The molecule has 5 nitrogen and oxygen atoms in total. The van der Waals surface area contributed by atoms with Gasteiger partial charge in [0, 0.05) is 11.6 Å². The number of carbonyl (C=O) groups excluding carboxylic acids is 1. The summed E-state index contributed by atoms with van der Waals surface area (Å²) >= 11 is 0. The minimum Gasteiger partial charge on any atom is -0.309 e. The van der Waals surface area contributed by atoms with E-state index >= 15 is 0 Å². The number of hydrogen-bond donors (Lipinski definition) is 3. The summed E-state index contributed by atoms with van der Waals surface area (Å²) in [7, 11) is 0. The van der Waals surface area contributed by atoms with Gasteiger partial charge in [-0.2, -0.15) is 5.10 Å². The smallest absolute Gasteiger partial charge is 0.242 e. The van der Waals surface area contributed by atoms with Gasteiger partial charge in [-0.3, -0.25) is 9.89 Å². The van der Waals surface area contributed by atoms with Gasteiger partial charge in [-0.1, -0.05) is 12.8 Å². The number of hydrogen-bond acceptors (Lipinski definition) is 3. The Bertz CT molecular complexity index is 456. The van der Waals surface area contributed by atoms with E-state index in [2.05, 4.69) is 20.8 Å². The van der Waals surface area contributed by atoms with E-state index in [-0.39, 0.29) is 11.9 Å². The van der Waals surface area contributed by atoms with Gasteiger partial charge in [-0.05, 0) is 38.5 Å². The molecule has 5 heteroatoms. The van der Waals surface area contributed by atoms with Crippen molar-refractivity contribution in [2.45, 2.75) is 57.5 Å². The number of aromatic amines is 1. The summed E-state index contributed by atoms with van der Waals surface area (Å²) in [6.07, 6.45) is 9.04. The average molecular weight is 262 g/mol. The summed E-state index contributed by atoms with van der Waals surface area (Å²) in [5.74, 6) is 1.57. The summed E-state index contributed by atoms with van der Waals surface area (Å²) in [6.45, 7) is 1.94. The van der Waals surface area contributed by atoms with Crippen molar-refractivity contribution >= 4 is 11.7 Å². The first-order valence-electron chi connectivity index (χ1n) is 7.31. The second-order valence-corrected chi connectivity index (χ2v) is 5.86. The van der Waals surface area contributed by atoms with Crippen LogP contribution in [0.15, 0.2) is 6.20 Å². The van der Waals surface area contributed by atoms with Crippen LogP contribution in [0.1, 0.15) is 44.1 Å². The third-order valence-electron chi connectivity index (χ3n) is 4.54. The SMILES string of the molecule is Cc1cn[nH]c1NC(=O)C1CCC2CCCCC2N1. The highest BCUT2D eigenvalue weighted by atomic mass is 16.2. The fraction of sp³-hybridized carbons (Fsp3) is 0.714. The molecule has 2 heterocycles. The molecule has 1 aromatic heterocycles. The van der Waals surface area contributed by atoms with Crippen LogP contribution in [-0.2, 0) is 4.79 Å². The van der Waals surface area contributed by atoms with Crippen molar-refractivity contribution in [1.29, 1.82) is 0 Å². The van der Waals surface area contributed by atoms with E-state index in [1.807, 2.05) is 6.92 Å². The molecule has 1 saturated heterocycles. The van der Waals surface area contributed by atoms with Gasteiger partial charge >= 0.3 is 0 Å². The number of aryl methyl sites for hydroxylation is 1. The predicted molar refractivity (Wildman–Crippen MR) is 73.9 cm³/mol. The van der Waals surface area contributed by atoms with Crippen LogP contribution in [0.25, 0.3) is 0 Å². The van der Waals surface area contributed by atoms with Gasteiger partial charge < -0.3 is 10.6 Å². The number of nitrogens with zero attached hydrogens (tertiary/aromatic N) is 1. The Hall–Kier alpha value is -1.36. The molecule has 104 valence electrons. The van der Waals surface area contributed by atoms with Gasteiger partial charge in [0.05, 0.1) is 12.2 Å². The number of piperidine rings is 1. The highest BCUT2D eigenvalue weighted by Gasteiger charge is 2.34. The second kappa shape index (κ2) is 5.33. The molecular weight excluding hydrogens is 240 g/mol. The Labute approximate surface area is 113 Å². The first-order chi connectivity index (χ1) is 9.24. The van der Waals surface area contributed by atoms with Crippen LogP contribution in [-0.4, -0.2) is 28.2 Å². The van der Waals surface area contributed by atoms with Crippen LogP contribution >= 0.6 is 0 Å². The Morgan fingerprint density at radius 1 is 1.32 bits per heavy atom. The minimum atomic E-state index is -0.0537. The first-order valence-corrected chi connectivity index (χ1v) is 7.31. The highest BCUT2D eigenvalue weighted by Crippen LogP contribution is 2.32. The van der Waals surface area contributed by atoms with Crippen LogP contribution in [0.2, 0.25) is 0 Å². The van der Waals surface area contributed by atoms with Gasteiger partial charge in [-0.15, -0.1) is 0 Å². The van der Waals surface area contributed by atoms with Gasteiger partial charge in [0.2, 0.25) is 5.91 Å². The molecule has 2 fully saturated rings. The third kappa shape index (κ3) is 2.66. The van der Waals surface area contributed by atoms with Crippen molar-refractivity contribution < 1.29 is 4.79 Å². The van der Waals surface area contributed by atoms with Crippen LogP contribution in [0.5, 0.6) is 0 Å². The predicted octanol–water partition coefficient (Wildman–Crippen LogP) is 1.97. The Morgan fingerprint density at radius 3 is 2.95 bits per heavy atom. The first kappa shape index (κ1) is 12.7. The lowest BCUT2D eigenvalue weighted by Gasteiger charge is -2.39. The fourth-order valence-corrected chi connectivity index (χ4v) is 3.39. The molecule has 2 aliphatic rings. The number of aromatic nitrogens is 2. The molecule has 1 saturated carbocycles. The summed E-state index contributed by atoms with van der Waals surface area (Å²) < 4.78 is 0. The molecule has 0 radical (unpaired) electrons. The molecule has 0 bridgehead atoms. The van der Waals surface area contributed by atoms with Crippen molar-refractivity contribution in [1.82, 2.24) is 15.5 Å². The zero-order chi connectivity index (χ0) is 13.2. The number of rotatable bonds is 2. The Balaban J connectivity index is 1.60. The fourth-order valence-electron chi connectivity index (χ4n) is 3.39. The van der Waals surface area contributed by atoms with E-state index in [0.717, 1.165) is 23.7 Å². The number of amides is 1. The summed E-state index contributed by atoms with van der Waals surface area (Å²) in [4.78, 5) is 12.3. The molecule has 1 aliphatic heterocycles. The number of fused-ring (bicyclic) bond motifs is 1. The second-order valence-electron chi connectivity index (χ2n) is 5.86. The average Bonchev–Trinajstić information content (AvgIpc) is 2.84. The molecule has 0 spiro atoms. The summed E-state index contributed by atoms with van der Waals surface area (Å²) in [5, 5.41) is 13.2. The molecule has 0 aromatic carbocycles. The topological polar surface area (TPSA) is 69.8 Å². The zero-order valence-electron chi connectivity index (χ0n) is 11.4. The molecule has 3 unspecified atom stereocenters. The van der Waals surface area contributed by atoms with Gasteiger partial charge in [0.15, 0.2) is 0 Å². The number of nitrogens with one attached hydrogen (secondary N) is 3. The van der Waals surface area contributed by atoms with Crippen LogP contribution in [0.4, 0.5) is 5.82 Å². The number of carbonyl (C=O) groups is 1. The third-order valence-corrected chi connectivity index (χ3v) is 4.54. The van der Waals surface area contributed by atoms with Crippen molar-refractivity contribution in [2.24, 2.45) is 5.92 Å². The summed E-state index contributed by atoms with van der Waals surface area (Å²) in [6, 6.07) is 0.489. The molecule has 19 heavy (non-hydrogen) atoms. The van der Waals surface area contributed by atoms with Gasteiger partial charge in [-0.25, -0.2) is 0 Å². The van der Waals surface area contributed by atoms with E-state index < -0.39 is 0 Å². The van der Waals surface area contributed by atoms with Crippen molar-refractivity contribution in [3.8, 4) is 0 Å². The maximum absolute atomic E-state index is 12.3. The molecular formula is C14H22N4O. The maximum atomic E-state index is 12.3. The van der Waals surface area contributed by atoms with Crippen LogP contribution in [0, 0.1) is 12.8 Å². The molecule has 3 rings (SSSR count). The van der Waals surface area contributed by atoms with E-state index in [9.17, 15) is 4.79 Å². The van der Waals surface area contributed by atoms with E-state index in [4.69, 9.17) is 0 Å². The van der Waals surface area contributed by atoms with Gasteiger partial charge in [0.1, 0.15) is 5.82 Å². The normalized spacial score (nSPS) is 30.7. The molecule has 3 atom stereocenters. The van der Waals surface area contributed by atoms with Crippen molar-refractivity contribution in [2.75, 3.05) is 5.32 Å². The van der Waals surface area contributed by atoms with Crippen LogP contribution in [0.3, 0.4) is 0 Å². The number of anilines is 1. The van der Waals surface area contributed by atoms with Crippen molar-refractivity contribution in [3.05, 3.63) is 11.8 Å². The molecule has 1 aliphatic carbocycles. The van der Waals surface area contributed by atoms with E-state index in [0.29, 0.717) is 6.04 Å². The molecule has 3 N–H and O–H groups in total. The Kier molecular flexibility index (Phi) is 3.55. The van der Waals surface area contributed by atoms with Crippen LogP contribution < -0.4 is 10.6 Å². The lowest BCUT2D eigenvalue weighted by molar-refractivity contribution is -0.119. The maximum Gasteiger partial charge on any atom is 0.242 e. The van der Waals surface area contributed by atoms with Crippen molar-refractivity contribution in [3.63, 3.8) is 0 Å². The lowest BCUT2D eigenvalue weighted by Crippen LogP contribution is -2.53. The highest BCUT2D eigenvalue weighted by molar-refractivity contribution is 5.94. The molecule has 1 amide bonds. The van der Waals surface area contributed by atoms with E-state index in [1.165, 1.54) is 32.1 Å². The lowest BCUT2D eigenvalue weighted by atomic mass is 9.77. The number of H-pyrrole nitrogens is 1. The van der Waals surface area contributed by atoms with E-state index in [1.54, 1.807) is 6.20 Å². The Morgan fingerprint density at radius 2 is 2.16 bits per heavy atom. The monoisotopic (exact) mass is 262 g/mol. The standard InChI is InChI=1S/C14H22N4O/c1-9-8-15-18-13(9)17-14(19)12-7-6-10-4-2-3-5-11(10)16-12/h8,10-12,16H,2-7H2,1H3,(H2,15,17,18,19). The minimum absolute atomic E-state index is 0.0537. The summed E-state index contributed by atoms with van der Waals surface area (Å²) in [5.41, 5.74) is 0.972. The molecule has 1 aromatic rings.